The Balaban J connectivity index is 2.66. The smallest absolute Gasteiger partial charge is 0.368 e. The van der Waals surface area contributed by atoms with E-state index >= 15 is 0 Å². The van der Waals surface area contributed by atoms with Gasteiger partial charge in [-0.25, -0.2) is 14.4 Å². The number of carbonyl (C=O) groups excluding carboxylic acids is 5. The van der Waals surface area contributed by atoms with Crippen LogP contribution in [0.3, 0.4) is 0 Å². The van der Waals surface area contributed by atoms with Crippen LogP contribution in [0.25, 0.3) is 0 Å². The monoisotopic (exact) mass is 488 g/mol. The molecule has 0 aliphatic carbocycles. The molecule has 1 fully saturated rings. The molecular weight excluding hydrogens is 454 g/mol. The van der Waals surface area contributed by atoms with Gasteiger partial charge in [0.25, 0.3) is 5.91 Å². The van der Waals surface area contributed by atoms with Gasteiger partial charge in [-0.1, -0.05) is 13.8 Å². The maximum absolute atomic E-state index is 12.6. The van der Waals surface area contributed by atoms with E-state index in [4.69, 9.17) is 14.2 Å². The third-order valence-electron chi connectivity index (χ3n) is 4.41. The molecule has 33 heavy (non-hydrogen) atoms. The Labute approximate surface area is 198 Å². The van der Waals surface area contributed by atoms with Crippen LogP contribution in [0.5, 0.6) is 0 Å². The molecule has 0 aromatic rings. The van der Waals surface area contributed by atoms with Crippen LogP contribution < -0.4 is 10.6 Å². The summed E-state index contributed by atoms with van der Waals surface area (Å²) in [6.07, 6.45) is 0.737. The minimum atomic E-state index is -1.25. The molecule has 186 valence electrons. The molecule has 0 unspecified atom stereocenters. The summed E-state index contributed by atoms with van der Waals surface area (Å²) in [5.74, 6) is -2.03. The average Bonchev–Trinajstić information content (AvgIpc) is 2.70. The number of nitrogens with one attached hydrogen (secondary N) is 2. The van der Waals surface area contributed by atoms with E-state index in [1.165, 1.54) is 0 Å². The van der Waals surface area contributed by atoms with Gasteiger partial charge in [-0.2, -0.15) is 0 Å². The molecule has 1 heterocycles. The van der Waals surface area contributed by atoms with Crippen molar-refractivity contribution in [3.63, 3.8) is 0 Å². The lowest BCUT2D eigenvalue weighted by molar-refractivity contribution is -0.870. The quantitative estimate of drug-likeness (QED) is 0.213. The fourth-order valence-electron chi connectivity index (χ4n) is 2.49. The van der Waals surface area contributed by atoms with Crippen molar-refractivity contribution in [1.82, 2.24) is 10.6 Å². The lowest BCUT2D eigenvalue weighted by Crippen LogP contribution is -2.49. The van der Waals surface area contributed by atoms with E-state index in [2.05, 4.69) is 10.6 Å². The molecular formula is C21H34N3O8S+. The first kappa shape index (κ1) is 28.4. The van der Waals surface area contributed by atoms with E-state index in [1.807, 2.05) is 21.1 Å². The summed E-state index contributed by atoms with van der Waals surface area (Å²) in [5.41, 5.74) is -1.08. The number of thioether (sulfide) groups is 1. The number of nitrogens with zero attached hydrogens (tertiary/aromatic N) is 1. The van der Waals surface area contributed by atoms with Crippen LogP contribution in [0, 0.1) is 5.41 Å². The predicted molar refractivity (Wildman–Crippen MR) is 121 cm³/mol. The van der Waals surface area contributed by atoms with Crippen molar-refractivity contribution >= 4 is 40.8 Å². The lowest BCUT2D eigenvalue weighted by Gasteiger charge is -2.32. The summed E-state index contributed by atoms with van der Waals surface area (Å²) in [6, 6.07) is 0. The van der Waals surface area contributed by atoms with Crippen molar-refractivity contribution in [3.8, 4) is 0 Å². The summed E-state index contributed by atoms with van der Waals surface area (Å²) in [4.78, 5) is 60.1. The van der Waals surface area contributed by atoms with Crippen LogP contribution in [-0.2, 0) is 33.4 Å². The van der Waals surface area contributed by atoms with Gasteiger partial charge in [0.15, 0.2) is 6.10 Å². The summed E-state index contributed by atoms with van der Waals surface area (Å²) in [7, 11) is 5.87. The van der Waals surface area contributed by atoms with E-state index in [9.17, 15) is 24.0 Å². The number of hydrogen-bond acceptors (Lipinski definition) is 9. The Morgan fingerprint density at radius 1 is 1.09 bits per heavy atom. The minimum absolute atomic E-state index is 0.0701. The van der Waals surface area contributed by atoms with Crippen LogP contribution in [0.15, 0.2) is 12.2 Å². The number of amides is 2. The SMILES string of the molecule is CC(C)(COC(=O)/C=C/C(=O)OCC[N+](C)(C)C)[C@H]1OC(=O)SCCNC(=O)CCNC1=O. The second-order valence-corrected chi connectivity index (χ2v) is 10.1. The third-order valence-corrected chi connectivity index (χ3v) is 5.15. The molecule has 0 aromatic heterocycles. The van der Waals surface area contributed by atoms with E-state index in [0.29, 0.717) is 23.3 Å². The fraction of sp³-hybridized carbons (Fsp3) is 0.667. The maximum Gasteiger partial charge on any atom is 0.368 e. The maximum atomic E-state index is 12.6. The summed E-state index contributed by atoms with van der Waals surface area (Å²) in [6.45, 7) is 4.12. The molecule has 2 N–H and O–H groups in total. The molecule has 0 spiro atoms. The Hall–Kier alpha value is -2.60. The Kier molecular flexibility index (Phi) is 11.4. The number of hydrogen-bond donors (Lipinski definition) is 2. The first-order valence-electron chi connectivity index (χ1n) is 10.5. The fourth-order valence-corrected chi connectivity index (χ4v) is 3.02. The van der Waals surface area contributed by atoms with Gasteiger partial charge in [-0.15, -0.1) is 0 Å². The third kappa shape index (κ3) is 12.3. The molecule has 0 bridgehead atoms. The zero-order valence-corrected chi connectivity index (χ0v) is 20.6. The molecule has 1 aliphatic rings. The summed E-state index contributed by atoms with van der Waals surface area (Å²) >= 11 is 0.831. The summed E-state index contributed by atoms with van der Waals surface area (Å²) < 4.78 is 16.2. The van der Waals surface area contributed by atoms with Crippen molar-refractivity contribution in [2.75, 3.05) is 59.7 Å². The molecule has 11 nitrogen and oxygen atoms in total. The van der Waals surface area contributed by atoms with E-state index in [0.717, 1.165) is 23.9 Å². The van der Waals surface area contributed by atoms with Crippen LogP contribution in [0.4, 0.5) is 4.79 Å². The molecule has 0 radical (unpaired) electrons. The molecule has 12 heteroatoms. The van der Waals surface area contributed by atoms with Crippen molar-refractivity contribution in [1.29, 1.82) is 0 Å². The second-order valence-electron chi connectivity index (χ2n) is 9.10. The van der Waals surface area contributed by atoms with Crippen molar-refractivity contribution in [2.45, 2.75) is 26.4 Å². The standard InChI is InChI=1S/C21H33N3O8S/c1-21(2,14-31-17(27)7-6-16(26)30-12-11-24(3,4)5)18-19(28)23-9-8-15(25)22-10-13-33-20(29)32-18/h6-7,18H,8-14H2,1-5H3,(H-,22,23,25,28)/p+1/b7-6+/t18-/m0/s1. The normalized spacial score (nSPS) is 18.9. The Morgan fingerprint density at radius 2 is 1.73 bits per heavy atom. The van der Waals surface area contributed by atoms with Crippen molar-refractivity contribution in [2.24, 2.45) is 5.41 Å². The molecule has 0 saturated carbocycles. The number of rotatable bonds is 8. The highest BCUT2D eigenvalue weighted by Gasteiger charge is 2.40. The van der Waals surface area contributed by atoms with Gasteiger partial charge >= 0.3 is 17.2 Å². The highest BCUT2D eigenvalue weighted by atomic mass is 32.2. The first-order chi connectivity index (χ1) is 15.3. The largest absolute Gasteiger partial charge is 0.462 e. The van der Waals surface area contributed by atoms with Gasteiger partial charge in [-0.05, 0) is 11.8 Å². The Morgan fingerprint density at radius 3 is 2.36 bits per heavy atom. The molecule has 1 rings (SSSR count). The molecule has 0 aromatic carbocycles. The number of quaternary nitrogens is 1. The second kappa shape index (κ2) is 13.2. The van der Waals surface area contributed by atoms with Crippen LogP contribution in [0.2, 0.25) is 0 Å². The zero-order valence-electron chi connectivity index (χ0n) is 19.8. The average molecular weight is 489 g/mol. The van der Waals surface area contributed by atoms with Gasteiger partial charge in [0, 0.05) is 42.8 Å². The number of ether oxygens (including phenoxy) is 3. The molecule has 2 amide bonds. The Bertz CT molecular complexity index is 761. The van der Waals surface area contributed by atoms with Crippen LogP contribution in [-0.4, -0.2) is 99.4 Å². The minimum Gasteiger partial charge on any atom is -0.462 e. The van der Waals surface area contributed by atoms with E-state index < -0.39 is 34.7 Å². The van der Waals surface area contributed by atoms with E-state index in [1.54, 1.807) is 13.8 Å². The number of cyclic esters (lactones) is 1. The highest BCUT2D eigenvalue weighted by molar-refractivity contribution is 8.13. The topological polar surface area (TPSA) is 137 Å². The van der Waals surface area contributed by atoms with Crippen LogP contribution in [0.1, 0.15) is 20.3 Å². The number of likely N-dealkylation sites (N-methyl/N-ethyl adjacent to an activating group) is 1. The summed E-state index contributed by atoms with van der Waals surface area (Å²) in [5, 5.41) is 4.51. The van der Waals surface area contributed by atoms with Gasteiger partial charge < -0.3 is 29.3 Å². The molecule has 1 saturated heterocycles. The van der Waals surface area contributed by atoms with Crippen LogP contribution >= 0.6 is 11.8 Å². The van der Waals surface area contributed by atoms with Gasteiger partial charge in [0.2, 0.25) is 5.91 Å². The van der Waals surface area contributed by atoms with Gasteiger partial charge in [0.05, 0.1) is 21.1 Å². The molecule has 1 atom stereocenters. The number of carbonyl (C=O) groups is 5. The molecule has 1 aliphatic heterocycles. The van der Waals surface area contributed by atoms with Gasteiger partial charge in [0.1, 0.15) is 19.8 Å². The van der Waals surface area contributed by atoms with Gasteiger partial charge in [-0.3, -0.25) is 9.59 Å². The van der Waals surface area contributed by atoms with E-state index in [-0.39, 0.29) is 32.1 Å². The van der Waals surface area contributed by atoms with Crippen molar-refractivity contribution in [3.05, 3.63) is 12.2 Å². The van der Waals surface area contributed by atoms with Crippen molar-refractivity contribution < 1.29 is 42.7 Å². The predicted octanol–water partition coefficient (Wildman–Crippen LogP) is 0.236. The highest BCUT2D eigenvalue weighted by Crippen LogP contribution is 2.26. The lowest BCUT2D eigenvalue weighted by atomic mass is 9.86. The number of esters is 2. The zero-order chi connectivity index (χ0) is 25.1. The first-order valence-corrected chi connectivity index (χ1v) is 11.5.